The number of benzene rings is 1. The summed E-state index contributed by atoms with van der Waals surface area (Å²) >= 11 is 5.92. The maximum Gasteiger partial charge on any atom is 0.253 e. The standard InChI is InChI=1S/C14H10ClF4N3O/c1-6-2-3-8(7(15)4-6)21-9(23)5-20-12-10(16)13(18)22-14(19)11(12)17/h2-4H,5H2,1H3,(H,20,22)(H,21,23). The molecular formula is C14H10ClF4N3O. The summed E-state index contributed by atoms with van der Waals surface area (Å²) in [7, 11) is 0. The number of aromatic nitrogens is 1. The van der Waals surface area contributed by atoms with E-state index in [1.54, 1.807) is 25.1 Å². The molecule has 1 aromatic carbocycles. The Labute approximate surface area is 133 Å². The average molecular weight is 348 g/mol. The molecule has 2 N–H and O–H groups in total. The van der Waals surface area contributed by atoms with Crippen LogP contribution in [0, 0.1) is 30.5 Å². The Balaban J connectivity index is 2.08. The molecule has 0 spiro atoms. The third-order valence-electron chi connectivity index (χ3n) is 2.82. The molecule has 1 amide bonds. The van der Waals surface area contributed by atoms with Crippen LogP contribution in [0.4, 0.5) is 28.9 Å². The fraction of sp³-hybridized carbons (Fsp3) is 0.143. The second kappa shape index (κ2) is 6.82. The molecule has 0 aliphatic rings. The predicted octanol–water partition coefficient (Wildman–Crippen LogP) is 3.65. The van der Waals surface area contributed by atoms with Crippen LogP contribution in [-0.2, 0) is 4.79 Å². The Morgan fingerprint density at radius 3 is 2.35 bits per heavy atom. The van der Waals surface area contributed by atoms with Crippen LogP contribution in [0.3, 0.4) is 0 Å². The molecule has 9 heteroatoms. The molecule has 0 unspecified atom stereocenters. The Morgan fingerprint density at radius 2 is 1.78 bits per heavy atom. The van der Waals surface area contributed by atoms with Crippen molar-refractivity contribution in [3.63, 3.8) is 0 Å². The number of carbonyl (C=O) groups is 1. The zero-order chi connectivity index (χ0) is 17.1. The van der Waals surface area contributed by atoms with Crippen molar-refractivity contribution in [3.05, 3.63) is 52.3 Å². The highest BCUT2D eigenvalue weighted by molar-refractivity contribution is 6.33. The first-order valence-electron chi connectivity index (χ1n) is 6.29. The normalized spacial score (nSPS) is 10.5. The first kappa shape index (κ1) is 17.0. The number of nitrogens with zero attached hydrogens (tertiary/aromatic N) is 1. The molecule has 0 fully saturated rings. The predicted molar refractivity (Wildman–Crippen MR) is 77.4 cm³/mol. The van der Waals surface area contributed by atoms with Crippen molar-refractivity contribution in [2.45, 2.75) is 6.92 Å². The minimum Gasteiger partial charge on any atom is -0.371 e. The van der Waals surface area contributed by atoms with Crippen molar-refractivity contribution in [1.82, 2.24) is 4.98 Å². The van der Waals surface area contributed by atoms with Crippen LogP contribution in [0.1, 0.15) is 5.56 Å². The number of nitrogens with one attached hydrogen (secondary N) is 2. The SMILES string of the molecule is Cc1ccc(NC(=O)CNc2c(F)c(F)nc(F)c2F)c(Cl)c1. The Hall–Kier alpha value is -2.35. The van der Waals surface area contributed by atoms with Gasteiger partial charge in [-0.1, -0.05) is 17.7 Å². The van der Waals surface area contributed by atoms with E-state index >= 15 is 0 Å². The van der Waals surface area contributed by atoms with Gasteiger partial charge in [0.1, 0.15) is 5.69 Å². The lowest BCUT2D eigenvalue weighted by Crippen LogP contribution is -2.23. The molecule has 0 bridgehead atoms. The highest BCUT2D eigenvalue weighted by atomic mass is 35.5. The van der Waals surface area contributed by atoms with Crippen molar-refractivity contribution in [3.8, 4) is 0 Å². The number of anilines is 2. The molecule has 1 heterocycles. The van der Waals surface area contributed by atoms with Gasteiger partial charge in [0, 0.05) is 0 Å². The number of rotatable bonds is 4. The van der Waals surface area contributed by atoms with E-state index in [2.05, 4.69) is 10.3 Å². The molecule has 122 valence electrons. The van der Waals surface area contributed by atoms with Crippen LogP contribution in [0.2, 0.25) is 5.02 Å². The lowest BCUT2D eigenvalue weighted by Gasteiger charge is -2.11. The van der Waals surface area contributed by atoms with Gasteiger partial charge in [0.2, 0.25) is 17.5 Å². The quantitative estimate of drug-likeness (QED) is 0.655. The number of halogens is 5. The van der Waals surface area contributed by atoms with Crippen molar-refractivity contribution in [2.75, 3.05) is 17.2 Å². The zero-order valence-electron chi connectivity index (χ0n) is 11.7. The van der Waals surface area contributed by atoms with E-state index in [0.717, 1.165) is 5.56 Å². The van der Waals surface area contributed by atoms with Crippen LogP contribution < -0.4 is 10.6 Å². The van der Waals surface area contributed by atoms with Gasteiger partial charge >= 0.3 is 0 Å². The van der Waals surface area contributed by atoms with Gasteiger partial charge in [-0.3, -0.25) is 4.79 Å². The van der Waals surface area contributed by atoms with E-state index in [-0.39, 0.29) is 10.7 Å². The van der Waals surface area contributed by atoms with Gasteiger partial charge in [-0.05, 0) is 24.6 Å². The Kier molecular flexibility index (Phi) is 5.05. The molecular weight excluding hydrogens is 338 g/mol. The molecule has 0 atom stereocenters. The van der Waals surface area contributed by atoms with E-state index in [0.29, 0.717) is 0 Å². The topological polar surface area (TPSA) is 54.0 Å². The molecule has 2 aromatic rings. The molecule has 0 saturated heterocycles. The van der Waals surface area contributed by atoms with E-state index in [1.807, 2.05) is 5.32 Å². The zero-order valence-corrected chi connectivity index (χ0v) is 12.4. The van der Waals surface area contributed by atoms with Crippen molar-refractivity contribution in [1.29, 1.82) is 0 Å². The summed E-state index contributed by atoms with van der Waals surface area (Å²) in [6.07, 6.45) is 0. The monoisotopic (exact) mass is 347 g/mol. The number of pyridine rings is 1. The van der Waals surface area contributed by atoms with Crippen LogP contribution >= 0.6 is 11.6 Å². The van der Waals surface area contributed by atoms with E-state index in [9.17, 15) is 22.4 Å². The van der Waals surface area contributed by atoms with Gasteiger partial charge < -0.3 is 10.6 Å². The summed E-state index contributed by atoms with van der Waals surface area (Å²) in [4.78, 5) is 14.1. The molecule has 1 aromatic heterocycles. The number of hydrogen-bond donors (Lipinski definition) is 2. The average Bonchev–Trinajstić information content (AvgIpc) is 2.48. The van der Waals surface area contributed by atoms with Crippen LogP contribution in [0.15, 0.2) is 18.2 Å². The highest BCUT2D eigenvalue weighted by Crippen LogP contribution is 2.23. The van der Waals surface area contributed by atoms with Gasteiger partial charge in [0.15, 0.2) is 0 Å². The minimum absolute atomic E-state index is 0.275. The Morgan fingerprint density at radius 1 is 1.17 bits per heavy atom. The third-order valence-corrected chi connectivity index (χ3v) is 3.13. The molecule has 4 nitrogen and oxygen atoms in total. The maximum atomic E-state index is 13.4. The van der Waals surface area contributed by atoms with Gasteiger partial charge in [-0.25, -0.2) is 0 Å². The summed E-state index contributed by atoms with van der Waals surface area (Å²) in [5.41, 5.74) is 0.0512. The number of hydrogen-bond acceptors (Lipinski definition) is 3. The molecule has 0 aliphatic heterocycles. The van der Waals surface area contributed by atoms with Crippen molar-refractivity contribution >= 4 is 28.9 Å². The first-order chi connectivity index (χ1) is 10.8. The highest BCUT2D eigenvalue weighted by Gasteiger charge is 2.21. The third kappa shape index (κ3) is 3.89. The fourth-order valence-corrected chi connectivity index (χ4v) is 2.01. The number of amides is 1. The summed E-state index contributed by atoms with van der Waals surface area (Å²) in [6, 6.07) is 4.85. The van der Waals surface area contributed by atoms with Crippen LogP contribution in [-0.4, -0.2) is 17.4 Å². The van der Waals surface area contributed by atoms with E-state index in [4.69, 9.17) is 11.6 Å². The smallest absolute Gasteiger partial charge is 0.253 e. The second-order valence-corrected chi connectivity index (χ2v) is 4.99. The van der Waals surface area contributed by atoms with Crippen molar-refractivity contribution in [2.24, 2.45) is 0 Å². The van der Waals surface area contributed by atoms with E-state index < -0.39 is 41.7 Å². The second-order valence-electron chi connectivity index (χ2n) is 4.58. The van der Waals surface area contributed by atoms with Gasteiger partial charge in [-0.15, -0.1) is 0 Å². The van der Waals surface area contributed by atoms with Crippen LogP contribution in [0.25, 0.3) is 0 Å². The summed E-state index contributed by atoms with van der Waals surface area (Å²) in [5.74, 6) is -7.77. The Bertz CT molecular complexity index is 744. The maximum absolute atomic E-state index is 13.4. The molecule has 0 radical (unpaired) electrons. The van der Waals surface area contributed by atoms with Gasteiger partial charge in [0.25, 0.3) is 11.9 Å². The summed E-state index contributed by atoms with van der Waals surface area (Å²) in [6.45, 7) is 1.16. The van der Waals surface area contributed by atoms with Crippen LogP contribution in [0.5, 0.6) is 0 Å². The molecule has 0 aliphatic carbocycles. The van der Waals surface area contributed by atoms with Gasteiger partial charge in [0.05, 0.1) is 17.3 Å². The largest absolute Gasteiger partial charge is 0.371 e. The van der Waals surface area contributed by atoms with Gasteiger partial charge in [-0.2, -0.15) is 22.5 Å². The summed E-state index contributed by atoms with van der Waals surface area (Å²) < 4.78 is 52.6. The minimum atomic E-state index is -1.81. The lowest BCUT2D eigenvalue weighted by molar-refractivity contribution is -0.114. The number of aryl methyl sites for hydroxylation is 1. The lowest BCUT2D eigenvalue weighted by atomic mass is 10.2. The first-order valence-corrected chi connectivity index (χ1v) is 6.67. The number of carbonyl (C=O) groups excluding carboxylic acids is 1. The summed E-state index contributed by atoms with van der Waals surface area (Å²) in [5, 5.41) is 4.66. The molecule has 23 heavy (non-hydrogen) atoms. The molecule has 0 saturated carbocycles. The van der Waals surface area contributed by atoms with Crippen molar-refractivity contribution < 1.29 is 22.4 Å². The molecule has 2 rings (SSSR count). The van der Waals surface area contributed by atoms with E-state index in [1.165, 1.54) is 0 Å². The fourth-order valence-electron chi connectivity index (χ4n) is 1.73.